The van der Waals surface area contributed by atoms with Crippen molar-refractivity contribution in [2.24, 2.45) is 0 Å². The van der Waals surface area contributed by atoms with E-state index in [2.05, 4.69) is 53.4 Å². The Morgan fingerprint density at radius 2 is 0.889 bits per heavy atom. The van der Waals surface area contributed by atoms with Crippen molar-refractivity contribution in [2.75, 3.05) is 0 Å². The van der Waals surface area contributed by atoms with Crippen LogP contribution in [0.15, 0.2) is 44.6 Å². The average molecular weight is 238 g/mol. The highest BCUT2D eigenvalue weighted by atomic mass is 14.2. The molecule has 0 N–H and O–H groups in total. The molecule has 0 unspecified atom stereocenters. The first-order chi connectivity index (χ1) is 8.41. The topological polar surface area (TPSA) is 0 Å². The summed E-state index contributed by atoms with van der Waals surface area (Å²) in [7, 11) is 0. The van der Waals surface area contributed by atoms with E-state index in [0.717, 1.165) is 12.8 Å². The van der Waals surface area contributed by atoms with Crippen LogP contribution in [-0.4, -0.2) is 0 Å². The summed E-state index contributed by atoms with van der Waals surface area (Å²) in [6.45, 7) is 13.2. The van der Waals surface area contributed by atoms with Gasteiger partial charge in [-0.25, -0.2) is 0 Å². The first-order valence-corrected chi connectivity index (χ1v) is 6.66. The molecule has 0 radical (unpaired) electrons. The normalized spacial score (nSPS) is 20.1. The number of hydrogen-bond donors (Lipinski definition) is 0. The summed E-state index contributed by atoms with van der Waals surface area (Å²) < 4.78 is 0. The van der Waals surface area contributed by atoms with Gasteiger partial charge in [0, 0.05) is 24.0 Å². The molecule has 0 nitrogen and oxygen atoms in total. The molecule has 0 bridgehead atoms. The van der Waals surface area contributed by atoms with Gasteiger partial charge in [-0.05, 0) is 63.8 Å². The summed E-state index contributed by atoms with van der Waals surface area (Å²) in [6.07, 6.45) is 2.09. The minimum atomic E-state index is 1.04. The lowest BCUT2D eigenvalue weighted by molar-refractivity contribution is 1.18. The maximum absolute atomic E-state index is 3.41. The van der Waals surface area contributed by atoms with Crippen molar-refractivity contribution in [1.29, 1.82) is 0 Å². The maximum atomic E-state index is 3.41. The molecule has 0 aromatic carbocycles. The molecule has 0 fully saturated rings. The number of allylic oxidation sites excluding steroid dienone is 8. The Morgan fingerprint density at radius 3 is 1.11 bits per heavy atom. The second-order valence-electron chi connectivity index (χ2n) is 5.62. The zero-order valence-corrected chi connectivity index (χ0v) is 12.4. The third-order valence-corrected chi connectivity index (χ3v) is 4.56. The summed E-state index contributed by atoms with van der Waals surface area (Å²) in [4.78, 5) is 0. The molecule has 0 saturated heterocycles. The fraction of sp³-hybridized carbons (Fsp3) is 0.444. The third-order valence-electron chi connectivity index (χ3n) is 4.56. The van der Waals surface area contributed by atoms with Crippen LogP contribution in [0, 0.1) is 11.8 Å². The summed E-state index contributed by atoms with van der Waals surface area (Å²) in [5, 5.41) is 0. The first-order valence-electron chi connectivity index (χ1n) is 6.66. The molecule has 18 heavy (non-hydrogen) atoms. The summed E-state index contributed by atoms with van der Waals surface area (Å²) in [6, 6.07) is 0. The fourth-order valence-electron chi connectivity index (χ4n) is 2.58. The Morgan fingerprint density at radius 1 is 0.556 bits per heavy atom. The monoisotopic (exact) mass is 238 g/mol. The predicted octanol–water partition coefficient (Wildman–Crippen LogP) is 5.10. The Hall–Kier alpha value is -1.48. The highest BCUT2D eigenvalue weighted by molar-refractivity contribution is 5.57. The van der Waals surface area contributed by atoms with Crippen LogP contribution in [0.4, 0.5) is 0 Å². The van der Waals surface area contributed by atoms with E-state index in [0.29, 0.717) is 0 Å². The Balaban J connectivity index is 2.24. The van der Waals surface area contributed by atoms with E-state index in [9.17, 15) is 0 Å². The van der Waals surface area contributed by atoms with Crippen LogP contribution in [0.3, 0.4) is 0 Å². The van der Waals surface area contributed by atoms with E-state index in [1.807, 2.05) is 0 Å². The van der Waals surface area contributed by atoms with Gasteiger partial charge in [0.25, 0.3) is 0 Å². The van der Waals surface area contributed by atoms with Crippen LogP contribution in [0.25, 0.3) is 0 Å². The molecule has 0 atom stereocenters. The van der Waals surface area contributed by atoms with Gasteiger partial charge >= 0.3 is 0 Å². The van der Waals surface area contributed by atoms with Crippen LogP contribution in [0.5, 0.6) is 0 Å². The lowest BCUT2D eigenvalue weighted by atomic mass is 10.1. The SMILES string of the molecule is CC1=C(C)C(C)=C(C#CC2=C(C)C(C)=C(C)C2)C1. The van der Waals surface area contributed by atoms with Gasteiger partial charge < -0.3 is 0 Å². The van der Waals surface area contributed by atoms with Crippen molar-refractivity contribution >= 4 is 0 Å². The Kier molecular flexibility index (Phi) is 3.35. The summed E-state index contributed by atoms with van der Waals surface area (Å²) >= 11 is 0. The predicted molar refractivity (Wildman–Crippen MR) is 79.2 cm³/mol. The highest BCUT2D eigenvalue weighted by Gasteiger charge is 2.15. The number of hydrogen-bond acceptors (Lipinski definition) is 0. The van der Waals surface area contributed by atoms with Crippen molar-refractivity contribution in [3.8, 4) is 11.8 Å². The van der Waals surface area contributed by atoms with E-state index in [-0.39, 0.29) is 0 Å². The Bertz CT molecular complexity index is 538. The van der Waals surface area contributed by atoms with Gasteiger partial charge in [-0.1, -0.05) is 23.0 Å². The quantitative estimate of drug-likeness (QED) is 0.515. The molecular weight excluding hydrogens is 216 g/mol. The zero-order chi connectivity index (χ0) is 13.4. The average Bonchev–Trinajstić information content (AvgIpc) is 2.72. The second kappa shape index (κ2) is 4.65. The van der Waals surface area contributed by atoms with Crippen molar-refractivity contribution in [3.05, 3.63) is 44.6 Å². The maximum Gasteiger partial charge on any atom is 0.00963 e. The lowest BCUT2D eigenvalue weighted by Crippen LogP contribution is -1.82. The van der Waals surface area contributed by atoms with Crippen molar-refractivity contribution < 1.29 is 0 Å². The molecule has 0 aliphatic heterocycles. The van der Waals surface area contributed by atoms with E-state index >= 15 is 0 Å². The van der Waals surface area contributed by atoms with E-state index in [4.69, 9.17) is 0 Å². The molecule has 0 spiro atoms. The third kappa shape index (κ3) is 2.10. The van der Waals surface area contributed by atoms with Gasteiger partial charge in [0.2, 0.25) is 0 Å². The van der Waals surface area contributed by atoms with Gasteiger partial charge in [0.1, 0.15) is 0 Å². The standard InChI is InChI=1S/C18H22/c1-11-9-17(15(5)13(11)3)7-8-18-10-12(2)14(4)16(18)6/h9-10H2,1-6H3. The van der Waals surface area contributed by atoms with E-state index in [1.54, 1.807) is 0 Å². The van der Waals surface area contributed by atoms with E-state index < -0.39 is 0 Å². The van der Waals surface area contributed by atoms with Crippen molar-refractivity contribution in [2.45, 2.75) is 54.4 Å². The first kappa shape index (κ1) is 13.0. The Labute approximate surface area is 111 Å². The largest absolute Gasteiger partial charge is 0.0658 e. The summed E-state index contributed by atoms with van der Waals surface area (Å²) in [5.41, 5.74) is 11.2. The van der Waals surface area contributed by atoms with Gasteiger partial charge in [-0.3, -0.25) is 0 Å². The second-order valence-corrected chi connectivity index (χ2v) is 5.62. The van der Waals surface area contributed by atoms with Crippen LogP contribution in [0.2, 0.25) is 0 Å². The molecule has 2 aliphatic carbocycles. The van der Waals surface area contributed by atoms with Crippen LogP contribution >= 0.6 is 0 Å². The smallest absolute Gasteiger partial charge is 0.00963 e. The van der Waals surface area contributed by atoms with Gasteiger partial charge in [-0.2, -0.15) is 0 Å². The minimum absolute atomic E-state index is 1.04. The molecule has 0 heteroatoms. The molecule has 0 heterocycles. The molecular formula is C18H22. The zero-order valence-electron chi connectivity index (χ0n) is 12.4. The number of rotatable bonds is 0. The van der Waals surface area contributed by atoms with Gasteiger partial charge in [0.05, 0.1) is 0 Å². The van der Waals surface area contributed by atoms with Gasteiger partial charge in [-0.15, -0.1) is 0 Å². The highest BCUT2D eigenvalue weighted by Crippen LogP contribution is 2.33. The van der Waals surface area contributed by atoms with Gasteiger partial charge in [0.15, 0.2) is 0 Å². The van der Waals surface area contributed by atoms with Crippen molar-refractivity contribution in [1.82, 2.24) is 0 Å². The minimum Gasteiger partial charge on any atom is -0.0658 e. The molecule has 2 aliphatic rings. The van der Waals surface area contributed by atoms with Crippen molar-refractivity contribution in [3.63, 3.8) is 0 Å². The van der Waals surface area contributed by atoms with E-state index in [1.165, 1.54) is 44.6 Å². The molecule has 0 amide bonds. The molecule has 0 aromatic heterocycles. The molecule has 94 valence electrons. The van der Waals surface area contributed by atoms with Crippen LogP contribution in [0.1, 0.15) is 54.4 Å². The fourth-order valence-corrected chi connectivity index (χ4v) is 2.58. The summed E-state index contributed by atoms with van der Waals surface area (Å²) in [5.74, 6) is 6.82. The van der Waals surface area contributed by atoms with Crippen LogP contribution in [-0.2, 0) is 0 Å². The lowest BCUT2D eigenvalue weighted by Gasteiger charge is -1.97. The molecule has 0 aromatic rings. The molecule has 0 saturated carbocycles. The van der Waals surface area contributed by atoms with Crippen LogP contribution < -0.4 is 0 Å². The molecule has 2 rings (SSSR count).